The third-order valence-electron chi connectivity index (χ3n) is 4.39. The maximum atomic E-state index is 12.7. The number of hydrogen-bond donors (Lipinski definition) is 1. The predicted molar refractivity (Wildman–Crippen MR) is 87.3 cm³/mol. The summed E-state index contributed by atoms with van der Waals surface area (Å²) in [6.45, 7) is 2.84. The topological polar surface area (TPSA) is 85.7 Å². The number of likely N-dealkylation sites (tertiary alicyclic amines) is 1. The van der Waals surface area contributed by atoms with Crippen LogP contribution in [-0.2, 0) is 9.53 Å². The third kappa shape index (κ3) is 3.49. The first-order valence-electron chi connectivity index (χ1n) is 8.13. The van der Waals surface area contributed by atoms with Crippen LogP contribution in [0.25, 0.3) is 0 Å². The third-order valence-corrected chi connectivity index (χ3v) is 4.39. The molecule has 24 heavy (non-hydrogen) atoms. The fraction of sp³-hybridized carbons (Fsp3) is 0.471. The van der Waals surface area contributed by atoms with Gasteiger partial charge in [-0.2, -0.15) is 5.26 Å². The SMILES string of the molecule is N#Cc1ccc(NC(=O)N2CCC[C@@H]2C(=O)N2CCOCC2)cc1. The summed E-state index contributed by atoms with van der Waals surface area (Å²) in [4.78, 5) is 28.6. The summed E-state index contributed by atoms with van der Waals surface area (Å²) < 4.78 is 5.28. The average molecular weight is 328 g/mol. The number of carbonyl (C=O) groups excluding carboxylic acids is 2. The first-order chi connectivity index (χ1) is 11.7. The van der Waals surface area contributed by atoms with Crippen LogP contribution in [0.15, 0.2) is 24.3 Å². The van der Waals surface area contributed by atoms with Gasteiger partial charge in [0.1, 0.15) is 6.04 Å². The van der Waals surface area contributed by atoms with Crippen LogP contribution < -0.4 is 5.32 Å². The number of nitrogens with zero attached hydrogens (tertiary/aromatic N) is 3. The molecule has 2 saturated heterocycles. The Balaban J connectivity index is 1.64. The molecule has 0 bridgehead atoms. The summed E-state index contributed by atoms with van der Waals surface area (Å²) in [7, 11) is 0. The Kier molecular flexibility index (Phi) is 4.96. The molecule has 7 nitrogen and oxygen atoms in total. The van der Waals surface area contributed by atoms with Crippen LogP contribution in [0.2, 0.25) is 0 Å². The fourth-order valence-corrected chi connectivity index (χ4v) is 3.08. The van der Waals surface area contributed by atoms with E-state index in [4.69, 9.17) is 10.00 Å². The molecule has 1 atom stereocenters. The normalized spacial score (nSPS) is 20.5. The number of morpholine rings is 1. The van der Waals surface area contributed by atoms with Gasteiger partial charge < -0.3 is 19.9 Å². The van der Waals surface area contributed by atoms with Crippen molar-refractivity contribution in [3.05, 3.63) is 29.8 Å². The minimum Gasteiger partial charge on any atom is -0.378 e. The van der Waals surface area contributed by atoms with Crippen LogP contribution in [0.4, 0.5) is 10.5 Å². The molecule has 2 heterocycles. The number of carbonyl (C=O) groups is 2. The summed E-state index contributed by atoms with van der Waals surface area (Å²) >= 11 is 0. The summed E-state index contributed by atoms with van der Waals surface area (Å²) in [6.07, 6.45) is 1.51. The molecule has 0 aliphatic carbocycles. The Hall–Kier alpha value is -2.59. The number of nitriles is 1. The summed E-state index contributed by atoms with van der Waals surface area (Å²) in [5.74, 6) is 0.00535. The lowest BCUT2D eigenvalue weighted by Gasteiger charge is -2.32. The van der Waals surface area contributed by atoms with Crippen molar-refractivity contribution in [2.45, 2.75) is 18.9 Å². The summed E-state index contributed by atoms with van der Waals surface area (Å²) in [6, 6.07) is 8.03. The first-order valence-corrected chi connectivity index (χ1v) is 8.13. The Morgan fingerprint density at radius 1 is 1.17 bits per heavy atom. The summed E-state index contributed by atoms with van der Waals surface area (Å²) in [5, 5.41) is 11.6. The molecule has 0 spiro atoms. The van der Waals surface area contributed by atoms with Gasteiger partial charge in [-0.3, -0.25) is 4.79 Å². The van der Waals surface area contributed by atoms with Gasteiger partial charge in [0.05, 0.1) is 24.8 Å². The highest BCUT2D eigenvalue weighted by molar-refractivity contribution is 5.94. The molecule has 1 N–H and O–H groups in total. The second-order valence-corrected chi connectivity index (χ2v) is 5.91. The van der Waals surface area contributed by atoms with Gasteiger partial charge in [0.25, 0.3) is 0 Å². The lowest BCUT2D eigenvalue weighted by atomic mass is 10.2. The van der Waals surface area contributed by atoms with Crippen molar-refractivity contribution in [2.75, 3.05) is 38.2 Å². The van der Waals surface area contributed by atoms with E-state index >= 15 is 0 Å². The van der Waals surface area contributed by atoms with Crippen LogP contribution in [-0.4, -0.2) is 60.6 Å². The van der Waals surface area contributed by atoms with Crippen LogP contribution >= 0.6 is 0 Å². The van der Waals surface area contributed by atoms with Crippen LogP contribution in [0.1, 0.15) is 18.4 Å². The van der Waals surface area contributed by atoms with Gasteiger partial charge in [-0.25, -0.2) is 4.79 Å². The molecule has 3 rings (SSSR count). The van der Waals surface area contributed by atoms with Gasteiger partial charge in [-0.05, 0) is 37.1 Å². The average Bonchev–Trinajstić information content (AvgIpc) is 3.12. The van der Waals surface area contributed by atoms with Crippen molar-refractivity contribution in [1.82, 2.24) is 9.80 Å². The first kappa shape index (κ1) is 16.3. The monoisotopic (exact) mass is 328 g/mol. The van der Waals surface area contributed by atoms with Crippen molar-refractivity contribution in [2.24, 2.45) is 0 Å². The zero-order chi connectivity index (χ0) is 16.9. The molecule has 0 saturated carbocycles. The molecule has 2 aliphatic heterocycles. The van der Waals surface area contributed by atoms with E-state index in [9.17, 15) is 9.59 Å². The Morgan fingerprint density at radius 3 is 2.54 bits per heavy atom. The lowest BCUT2D eigenvalue weighted by molar-refractivity contribution is -0.139. The molecule has 3 amide bonds. The molecule has 1 aromatic carbocycles. The van der Waals surface area contributed by atoms with E-state index < -0.39 is 6.04 Å². The second kappa shape index (κ2) is 7.32. The van der Waals surface area contributed by atoms with Gasteiger partial charge in [-0.15, -0.1) is 0 Å². The molecule has 7 heteroatoms. The minimum atomic E-state index is -0.401. The zero-order valence-electron chi connectivity index (χ0n) is 13.4. The molecular weight excluding hydrogens is 308 g/mol. The Bertz CT molecular complexity index is 647. The molecule has 2 fully saturated rings. The highest BCUT2D eigenvalue weighted by atomic mass is 16.5. The number of hydrogen-bond acceptors (Lipinski definition) is 4. The van der Waals surface area contributed by atoms with E-state index in [-0.39, 0.29) is 11.9 Å². The molecule has 2 aliphatic rings. The largest absolute Gasteiger partial charge is 0.378 e. The van der Waals surface area contributed by atoms with Crippen molar-refractivity contribution >= 4 is 17.6 Å². The standard InChI is InChI=1S/C17H20N4O3/c18-12-13-3-5-14(6-4-13)19-17(23)21-7-1-2-15(21)16(22)20-8-10-24-11-9-20/h3-6,15H,1-2,7-11H2,(H,19,23)/t15-/m1/s1. The highest BCUT2D eigenvalue weighted by Crippen LogP contribution is 2.21. The Labute approximate surface area is 140 Å². The van der Waals surface area contributed by atoms with Crippen molar-refractivity contribution in [3.63, 3.8) is 0 Å². The highest BCUT2D eigenvalue weighted by Gasteiger charge is 2.36. The van der Waals surface area contributed by atoms with Crippen LogP contribution in [0, 0.1) is 11.3 Å². The number of anilines is 1. The van der Waals surface area contributed by atoms with E-state index in [2.05, 4.69) is 5.32 Å². The number of amides is 3. The molecule has 0 radical (unpaired) electrons. The smallest absolute Gasteiger partial charge is 0.322 e. The van der Waals surface area contributed by atoms with E-state index in [1.165, 1.54) is 0 Å². The quantitative estimate of drug-likeness (QED) is 0.889. The van der Waals surface area contributed by atoms with Crippen molar-refractivity contribution in [1.29, 1.82) is 5.26 Å². The zero-order valence-corrected chi connectivity index (χ0v) is 13.4. The summed E-state index contributed by atoms with van der Waals surface area (Å²) in [5.41, 5.74) is 1.15. The predicted octanol–water partition coefficient (Wildman–Crippen LogP) is 1.41. The lowest BCUT2D eigenvalue weighted by Crippen LogP contribution is -2.51. The number of nitrogens with one attached hydrogen (secondary N) is 1. The second-order valence-electron chi connectivity index (χ2n) is 5.91. The number of ether oxygens (including phenoxy) is 1. The van der Waals surface area contributed by atoms with E-state index in [0.717, 1.165) is 6.42 Å². The van der Waals surface area contributed by atoms with E-state index in [0.29, 0.717) is 50.5 Å². The van der Waals surface area contributed by atoms with Gasteiger partial charge in [0, 0.05) is 25.3 Å². The maximum absolute atomic E-state index is 12.7. The molecule has 126 valence electrons. The van der Waals surface area contributed by atoms with Gasteiger partial charge in [0.15, 0.2) is 0 Å². The van der Waals surface area contributed by atoms with Crippen LogP contribution in [0.5, 0.6) is 0 Å². The fourth-order valence-electron chi connectivity index (χ4n) is 3.08. The van der Waals surface area contributed by atoms with Crippen molar-refractivity contribution in [3.8, 4) is 6.07 Å². The number of urea groups is 1. The molecule has 1 aromatic rings. The maximum Gasteiger partial charge on any atom is 0.322 e. The van der Waals surface area contributed by atoms with E-state index in [1.54, 1.807) is 34.1 Å². The minimum absolute atomic E-state index is 0.00535. The van der Waals surface area contributed by atoms with Gasteiger partial charge >= 0.3 is 6.03 Å². The Morgan fingerprint density at radius 2 is 1.88 bits per heavy atom. The van der Waals surface area contributed by atoms with Crippen LogP contribution in [0.3, 0.4) is 0 Å². The van der Waals surface area contributed by atoms with Crippen molar-refractivity contribution < 1.29 is 14.3 Å². The molecule has 0 unspecified atom stereocenters. The number of benzene rings is 1. The molecule has 0 aromatic heterocycles. The van der Waals surface area contributed by atoms with Gasteiger partial charge in [-0.1, -0.05) is 0 Å². The number of rotatable bonds is 2. The van der Waals surface area contributed by atoms with E-state index in [1.807, 2.05) is 6.07 Å². The molecular formula is C17H20N4O3. The van der Waals surface area contributed by atoms with Gasteiger partial charge in [0.2, 0.25) is 5.91 Å².